The molecule has 0 unspecified atom stereocenters. The predicted octanol–water partition coefficient (Wildman–Crippen LogP) is 1.21. The van der Waals surface area contributed by atoms with Crippen molar-refractivity contribution in [2.24, 2.45) is 5.73 Å². The second-order valence-electron chi connectivity index (χ2n) is 2.63. The van der Waals surface area contributed by atoms with Crippen molar-refractivity contribution in [3.8, 4) is 5.88 Å². The SMILES string of the molecule is COc1cc(C(F)(F)F)c(C(N)=O)cn1. The number of nitrogens with zero attached hydrogens (tertiary/aromatic N) is 1. The van der Waals surface area contributed by atoms with Crippen LogP contribution < -0.4 is 10.5 Å². The van der Waals surface area contributed by atoms with E-state index in [1.165, 1.54) is 7.11 Å². The smallest absolute Gasteiger partial charge is 0.417 e. The summed E-state index contributed by atoms with van der Waals surface area (Å²) in [6, 6.07) is 0.625. The topological polar surface area (TPSA) is 65.2 Å². The summed E-state index contributed by atoms with van der Waals surface area (Å²) in [5, 5.41) is 0. The van der Waals surface area contributed by atoms with Crippen molar-refractivity contribution < 1.29 is 22.7 Å². The van der Waals surface area contributed by atoms with Crippen LogP contribution in [0.1, 0.15) is 15.9 Å². The number of hydrogen-bond donors (Lipinski definition) is 1. The summed E-state index contributed by atoms with van der Waals surface area (Å²) in [4.78, 5) is 14.2. The first-order chi connectivity index (χ1) is 6.86. The fraction of sp³-hybridized carbons (Fsp3) is 0.250. The third-order valence-corrected chi connectivity index (χ3v) is 1.66. The summed E-state index contributed by atoms with van der Waals surface area (Å²) in [6.45, 7) is 0. The van der Waals surface area contributed by atoms with Gasteiger partial charge < -0.3 is 10.5 Å². The van der Waals surface area contributed by atoms with Crippen LogP contribution in [0.5, 0.6) is 5.88 Å². The highest BCUT2D eigenvalue weighted by molar-refractivity contribution is 5.94. The fourth-order valence-electron chi connectivity index (χ4n) is 0.979. The van der Waals surface area contributed by atoms with E-state index in [0.717, 1.165) is 6.20 Å². The molecule has 2 N–H and O–H groups in total. The van der Waals surface area contributed by atoms with Crippen molar-refractivity contribution >= 4 is 5.91 Å². The monoisotopic (exact) mass is 220 g/mol. The third-order valence-electron chi connectivity index (χ3n) is 1.66. The number of ether oxygens (including phenoxy) is 1. The predicted molar refractivity (Wildman–Crippen MR) is 44.3 cm³/mol. The van der Waals surface area contributed by atoms with Gasteiger partial charge in [-0.25, -0.2) is 4.98 Å². The van der Waals surface area contributed by atoms with Crippen LogP contribution in [0.2, 0.25) is 0 Å². The lowest BCUT2D eigenvalue weighted by Crippen LogP contribution is -2.19. The lowest BCUT2D eigenvalue weighted by atomic mass is 10.1. The van der Waals surface area contributed by atoms with Crippen LogP contribution in [0.15, 0.2) is 12.3 Å². The van der Waals surface area contributed by atoms with Gasteiger partial charge in [-0.3, -0.25) is 4.79 Å². The minimum atomic E-state index is -4.67. The average molecular weight is 220 g/mol. The average Bonchev–Trinajstić information content (AvgIpc) is 2.15. The highest BCUT2D eigenvalue weighted by Gasteiger charge is 2.35. The zero-order chi connectivity index (χ0) is 11.6. The number of aromatic nitrogens is 1. The zero-order valence-electron chi connectivity index (χ0n) is 7.63. The van der Waals surface area contributed by atoms with E-state index in [1.54, 1.807) is 0 Å². The number of nitrogens with two attached hydrogens (primary N) is 1. The minimum Gasteiger partial charge on any atom is -0.481 e. The summed E-state index contributed by atoms with van der Waals surface area (Å²) in [6.07, 6.45) is -3.93. The molecule has 1 rings (SSSR count). The van der Waals surface area contributed by atoms with Gasteiger partial charge in [0.15, 0.2) is 0 Å². The van der Waals surface area contributed by atoms with E-state index >= 15 is 0 Å². The van der Waals surface area contributed by atoms with Crippen LogP contribution in [-0.4, -0.2) is 18.0 Å². The molecule has 1 aromatic heterocycles. The van der Waals surface area contributed by atoms with E-state index in [2.05, 4.69) is 9.72 Å². The number of primary amides is 1. The van der Waals surface area contributed by atoms with Crippen molar-refractivity contribution in [1.29, 1.82) is 0 Å². The standard InChI is InChI=1S/C8H7F3N2O2/c1-15-6-2-5(8(9,10)11)4(3-13-6)7(12)14/h2-3H,1H3,(H2,12,14). The Bertz CT molecular complexity index is 390. The lowest BCUT2D eigenvalue weighted by Gasteiger charge is -2.11. The molecule has 0 aliphatic rings. The van der Waals surface area contributed by atoms with E-state index in [4.69, 9.17) is 5.73 Å². The molecule has 1 heterocycles. The maximum Gasteiger partial charge on any atom is 0.417 e. The summed E-state index contributed by atoms with van der Waals surface area (Å²) in [7, 11) is 1.17. The largest absolute Gasteiger partial charge is 0.481 e. The molecule has 0 aromatic carbocycles. The first-order valence-electron chi connectivity index (χ1n) is 3.77. The number of amides is 1. The maximum absolute atomic E-state index is 12.4. The number of rotatable bonds is 2. The van der Waals surface area contributed by atoms with Gasteiger partial charge in [0.1, 0.15) is 0 Å². The Kier molecular flexibility index (Phi) is 2.83. The Balaban J connectivity index is 3.36. The van der Waals surface area contributed by atoms with Crippen LogP contribution in [0.25, 0.3) is 0 Å². The lowest BCUT2D eigenvalue weighted by molar-refractivity contribution is -0.138. The summed E-state index contributed by atoms with van der Waals surface area (Å²) >= 11 is 0. The molecule has 15 heavy (non-hydrogen) atoms. The van der Waals surface area contributed by atoms with E-state index in [0.29, 0.717) is 6.07 Å². The van der Waals surface area contributed by atoms with Gasteiger partial charge in [-0.2, -0.15) is 13.2 Å². The highest BCUT2D eigenvalue weighted by atomic mass is 19.4. The van der Waals surface area contributed by atoms with Gasteiger partial charge in [-0.15, -0.1) is 0 Å². The minimum absolute atomic E-state index is 0.229. The molecule has 1 amide bonds. The molecular weight excluding hydrogens is 213 g/mol. The maximum atomic E-state index is 12.4. The molecule has 7 heteroatoms. The van der Waals surface area contributed by atoms with E-state index in [-0.39, 0.29) is 5.88 Å². The summed E-state index contributed by atoms with van der Waals surface area (Å²) < 4.78 is 41.8. The molecule has 0 aliphatic carbocycles. The summed E-state index contributed by atoms with van der Waals surface area (Å²) in [5.74, 6) is -1.41. The van der Waals surface area contributed by atoms with Crippen LogP contribution in [0.3, 0.4) is 0 Å². The highest BCUT2D eigenvalue weighted by Crippen LogP contribution is 2.33. The first kappa shape index (κ1) is 11.3. The Hall–Kier alpha value is -1.79. The van der Waals surface area contributed by atoms with Crippen LogP contribution in [0, 0.1) is 0 Å². The number of methoxy groups -OCH3 is 1. The molecule has 0 saturated heterocycles. The Morgan fingerprint density at radius 2 is 2.13 bits per heavy atom. The molecule has 0 bridgehead atoms. The van der Waals surface area contributed by atoms with Gasteiger partial charge in [-0.05, 0) is 0 Å². The van der Waals surface area contributed by atoms with E-state index in [9.17, 15) is 18.0 Å². The van der Waals surface area contributed by atoms with Gasteiger partial charge in [0.2, 0.25) is 5.88 Å². The Labute approximate surface area is 82.9 Å². The molecule has 0 atom stereocenters. The molecule has 1 aromatic rings. The third kappa shape index (κ3) is 2.36. The second kappa shape index (κ2) is 3.76. The molecule has 0 spiro atoms. The zero-order valence-corrected chi connectivity index (χ0v) is 7.63. The molecular formula is C8H7F3N2O2. The van der Waals surface area contributed by atoms with Crippen LogP contribution in [0.4, 0.5) is 13.2 Å². The fourth-order valence-corrected chi connectivity index (χ4v) is 0.979. The quantitative estimate of drug-likeness (QED) is 0.814. The Morgan fingerprint density at radius 3 is 2.53 bits per heavy atom. The van der Waals surface area contributed by atoms with Gasteiger partial charge >= 0.3 is 6.18 Å². The molecule has 0 aliphatic heterocycles. The van der Waals surface area contributed by atoms with Crippen molar-refractivity contribution in [3.05, 3.63) is 23.4 Å². The van der Waals surface area contributed by atoms with Crippen molar-refractivity contribution in [3.63, 3.8) is 0 Å². The number of halogens is 3. The Morgan fingerprint density at radius 1 is 1.53 bits per heavy atom. The number of carbonyl (C=O) groups excluding carboxylic acids is 1. The van der Waals surface area contributed by atoms with Crippen molar-refractivity contribution in [1.82, 2.24) is 4.98 Å². The van der Waals surface area contributed by atoms with Crippen molar-refractivity contribution in [2.75, 3.05) is 7.11 Å². The number of carbonyl (C=O) groups is 1. The molecule has 0 radical (unpaired) electrons. The van der Waals surface area contributed by atoms with E-state index < -0.39 is 23.2 Å². The normalized spacial score (nSPS) is 11.2. The van der Waals surface area contributed by atoms with Gasteiger partial charge in [0, 0.05) is 12.3 Å². The first-order valence-corrected chi connectivity index (χ1v) is 3.77. The van der Waals surface area contributed by atoms with Gasteiger partial charge in [-0.1, -0.05) is 0 Å². The van der Waals surface area contributed by atoms with Gasteiger partial charge in [0.05, 0.1) is 18.2 Å². The molecule has 4 nitrogen and oxygen atoms in total. The number of hydrogen-bond acceptors (Lipinski definition) is 3. The van der Waals surface area contributed by atoms with Crippen LogP contribution >= 0.6 is 0 Å². The number of alkyl halides is 3. The second-order valence-corrected chi connectivity index (χ2v) is 2.63. The van der Waals surface area contributed by atoms with Gasteiger partial charge in [0.25, 0.3) is 5.91 Å². The molecule has 82 valence electrons. The molecule has 0 fully saturated rings. The summed E-state index contributed by atoms with van der Waals surface area (Å²) in [5.41, 5.74) is 2.95. The van der Waals surface area contributed by atoms with E-state index in [1.807, 2.05) is 0 Å². The van der Waals surface area contributed by atoms with Crippen LogP contribution in [-0.2, 0) is 6.18 Å². The van der Waals surface area contributed by atoms with Crippen molar-refractivity contribution in [2.45, 2.75) is 6.18 Å². The number of pyridine rings is 1. The molecule has 0 saturated carbocycles.